The van der Waals surface area contributed by atoms with Crippen LogP contribution in [0.5, 0.6) is 0 Å². The van der Waals surface area contributed by atoms with Gasteiger partial charge in [-0.2, -0.15) is 0 Å². The van der Waals surface area contributed by atoms with E-state index in [0.717, 1.165) is 6.42 Å². The third-order valence-corrected chi connectivity index (χ3v) is 3.36. The van der Waals surface area contributed by atoms with Crippen LogP contribution in [-0.4, -0.2) is 0 Å². The minimum atomic E-state index is 0.588. The lowest BCUT2D eigenvalue weighted by molar-refractivity contribution is 0.581. The molecule has 0 nitrogen and oxygen atoms in total. The van der Waals surface area contributed by atoms with Crippen molar-refractivity contribution in [2.75, 3.05) is 0 Å². The van der Waals surface area contributed by atoms with Gasteiger partial charge in [-0.1, -0.05) is 57.4 Å². The first kappa shape index (κ1) is 16.2. The Morgan fingerprint density at radius 3 is 2.29 bits per heavy atom. The SMILES string of the molecule is C=CC(C)CC(=CCCCC)CC(C=C)CC. The van der Waals surface area contributed by atoms with E-state index in [2.05, 4.69) is 52.2 Å². The summed E-state index contributed by atoms with van der Waals surface area (Å²) in [5, 5.41) is 0. The van der Waals surface area contributed by atoms with Gasteiger partial charge in [-0.25, -0.2) is 0 Å². The van der Waals surface area contributed by atoms with Gasteiger partial charge >= 0.3 is 0 Å². The molecule has 0 heterocycles. The summed E-state index contributed by atoms with van der Waals surface area (Å²) >= 11 is 0. The lowest BCUT2D eigenvalue weighted by Crippen LogP contribution is -2.00. The van der Waals surface area contributed by atoms with Gasteiger partial charge in [-0.05, 0) is 37.5 Å². The van der Waals surface area contributed by atoms with Crippen molar-refractivity contribution in [1.29, 1.82) is 0 Å². The highest BCUT2D eigenvalue weighted by molar-refractivity contribution is 5.07. The largest absolute Gasteiger partial charge is 0.103 e. The summed E-state index contributed by atoms with van der Waals surface area (Å²) in [4.78, 5) is 0. The molecule has 0 saturated heterocycles. The molecule has 0 fully saturated rings. The zero-order valence-corrected chi connectivity index (χ0v) is 12.0. The summed E-state index contributed by atoms with van der Waals surface area (Å²) in [6, 6.07) is 0. The van der Waals surface area contributed by atoms with Crippen LogP contribution in [0.2, 0.25) is 0 Å². The Bertz CT molecular complexity index is 234. The number of rotatable bonds is 10. The molecule has 2 atom stereocenters. The molecule has 17 heavy (non-hydrogen) atoms. The summed E-state index contributed by atoms with van der Waals surface area (Å²) in [6.45, 7) is 14.6. The molecule has 0 aromatic carbocycles. The highest BCUT2D eigenvalue weighted by atomic mass is 14.1. The van der Waals surface area contributed by atoms with E-state index in [4.69, 9.17) is 0 Å². The highest BCUT2D eigenvalue weighted by Gasteiger charge is 2.08. The van der Waals surface area contributed by atoms with E-state index in [1.807, 2.05) is 0 Å². The average Bonchev–Trinajstić information content (AvgIpc) is 2.35. The maximum Gasteiger partial charge on any atom is -0.0202 e. The van der Waals surface area contributed by atoms with Crippen LogP contribution >= 0.6 is 0 Å². The van der Waals surface area contributed by atoms with E-state index >= 15 is 0 Å². The lowest BCUT2D eigenvalue weighted by Gasteiger charge is -2.15. The molecule has 2 unspecified atom stereocenters. The molecule has 0 amide bonds. The molecular formula is C17H30. The van der Waals surface area contributed by atoms with E-state index in [1.54, 1.807) is 5.57 Å². The topological polar surface area (TPSA) is 0 Å². The van der Waals surface area contributed by atoms with Gasteiger partial charge in [0.05, 0.1) is 0 Å². The number of allylic oxidation sites excluding steroid dienone is 4. The molecule has 0 radical (unpaired) electrons. The van der Waals surface area contributed by atoms with E-state index in [1.165, 1.54) is 32.1 Å². The van der Waals surface area contributed by atoms with Crippen LogP contribution in [-0.2, 0) is 0 Å². The van der Waals surface area contributed by atoms with Crippen molar-refractivity contribution < 1.29 is 0 Å². The molecule has 0 bridgehead atoms. The third kappa shape index (κ3) is 8.01. The van der Waals surface area contributed by atoms with Gasteiger partial charge in [0.15, 0.2) is 0 Å². The van der Waals surface area contributed by atoms with Crippen molar-refractivity contribution in [2.24, 2.45) is 11.8 Å². The predicted octanol–water partition coefficient (Wildman–Crippen LogP) is 5.92. The van der Waals surface area contributed by atoms with E-state index in [0.29, 0.717) is 11.8 Å². The molecule has 0 aliphatic carbocycles. The minimum Gasteiger partial charge on any atom is -0.103 e. The van der Waals surface area contributed by atoms with Crippen LogP contribution in [0.15, 0.2) is 37.0 Å². The molecular weight excluding hydrogens is 204 g/mol. The summed E-state index contributed by atoms with van der Waals surface area (Å²) in [5.74, 6) is 1.23. The van der Waals surface area contributed by atoms with Crippen molar-refractivity contribution >= 4 is 0 Å². The van der Waals surface area contributed by atoms with Crippen LogP contribution in [0.3, 0.4) is 0 Å². The molecule has 0 spiro atoms. The fourth-order valence-electron chi connectivity index (χ4n) is 1.99. The lowest BCUT2D eigenvalue weighted by atomic mass is 9.90. The van der Waals surface area contributed by atoms with Gasteiger partial charge < -0.3 is 0 Å². The van der Waals surface area contributed by atoms with E-state index in [-0.39, 0.29) is 0 Å². The Balaban J connectivity index is 4.42. The first-order valence-corrected chi connectivity index (χ1v) is 7.10. The Morgan fingerprint density at radius 2 is 1.82 bits per heavy atom. The van der Waals surface area contributed by atoms with Gasteiger partial charge in [0.2, 0.25) is 0 Å². The summed E-state index contributed by atoms with van der Waals surface area (Å²) in [5.41, 5.74) is 1.60. The second-order valence-electron chi connectivity index (χ2n) is 5.03. The zero-order chi connectivity index (χ0) is 13.1. The zero-order valence-electron chi connectivity index (χ0n) is 12.0. The van der Waals surface area contributed by atoms with Crippen LogP contribution in [0.1, 0.15) is 59.3 Å². The number of hydrogen-bond acceptors (Lipinski definition) is 0. The smallest absolute Gasteiger partial charge is 0.0202 e. The Kier molecular flexibility index (Phi) is 9.90. The highest BCUT2D eigenvalue weighted by Crippen LogP contribution is 2.23. The van der Waals surface area contributed by atoms with Crippen molar-refractivity contribution in [3.05, 3.63) is 37.0 Å². The molecule has 0 saturated carbocycles. The molecule has 98 valence electrons. The summed E-state index contributed by atoms with van der Waals surface area (Å²) in [6.07, 6.45) is 14.0. The minimum absolute atomic E-state index is 0.588. The maximum atomic E-state index is 3.93. The van der Waals surface area contributed by atoms with Crippen LogP contribution in [0.4, 0.5) is 0 Å². The second-order valence-corrected chi connectivity index (χ2v) is 5.03. The van der Waals surface area contributed by atoms with Gasteiger partial charge in [-0.15, -0.1) is 13.2 Å². The van der Waals surface area contributed by atoms with E-state index in [9.17, 15) is 0 Å². The first-order chi connectivity index (χ1) is 8.17. The molecule has 0 rings (SSSR count). The van der Waals surface area contributed by atoms with Crippen molar-refractivity contribution in [1.82, 2.24) is 0 Å². The van der Waals surface area contributed by atoms with Crippen molar-refractivity contribution in [2.45, 2.75) is 59.3 Å². The summed E-state index contributed by atoms with van der Waals surface area (Å²) in [7, 11) is 0. The number of hydrogen-bond donors (Lipinski definition) is 0. The van der Waals surface area contributed by atoms with Crippen molar-refractivity contribution in [3.8, 4) is 0 Å². The standard InChI is InChI=1S/C17H30/c1-6-10-11-12-17(13-15(5)7-2)14-16(8-3)9-4/h7-8,12,15-16H,2-3,6,9-11,13-14H2,1,4-5H3. The average molecular weight is 234 g/mol. The maximum absolute atomic E-state index is 3.93. The van der Waals surface area contributed by atoms with Crippen LogP contribution < -0.4 is 0 Å². The van der Waals surface area contributed by atoms with Crippen LogP contribution in [0, 0.1) is 11.8 Å². The normalized spacial score (nSPS) is 15.4. The molecule has 0 N–H and O–H groups in total. The monoisotopic (exact) mass is 234 g/mol. The molecule has 0 aliphatic heterocycles. The second kappa shape index (κ2) is 10.4. The van der Waals surface area contributed by atoms with Gasteiger partial charge in [0.25, 0.3) is 0 Å². The molecule has 0 heteroatoms. The fourth-order valence-corrected chi connectivity index (χ4v) is 1.99. The quantitative estimate of drug-likeness (QED) is 0.325. The Hall–Kier alpha value is -0.780. The Morgan fingerprint density at radius 1 is 1.12 bits per heavy atom. The predicted molar refractivity (Wildman–Crippen MR) is 80.2 cm³/mol. The number of unbranched alkanes of at least 4 members (excludes halogenated alkanes) is 2. The molecule has 0 aromatic rings. The first-order valence-electron chi connectivity index (χ1n) is 7.10. The molecule has 0 aliphatic rings. The van der Waals surface area contributed by atoms with Gasteiger partial charge in [0, 0.05) is 0 Å². The third-order valence-electron chi connectivity index (χ3n) is 3.36. The van der Waals surface area contributed by atoms with Crippen LogP contribution in [0.25, 0.3) is 0 Å². The Labute approximate surface area is 109 Å². The molecule has 0 aromatic heterocycles. The summed E-state index contributed by atoms with van der Waals surface area (Å²) < 4.78 is 0. The van der Waals surface area contributed by atoms with Crippen molar-refractivity contribution in [3.63, 3.8) is 0 Å². The fraction of sp³-hybridized carbons (Fsp3) is 0.647. The van der Waals surface area contributed by atoms with Gasteiger partial charge in [-0.3, -0.25) is 0 Å². The van der Waals surface area contributed by atoms with Gasteiger partial charge in [0.1, 0.15) is 0 Å². The van der Waals surface area contributed by atoms with E-state index < -0.39 is 0 Å².